The van der Waals surface area contributed by atoms with Gasteiger partial charge in [0.05, 0.1) is 11.9 Å². The number of carbonyl (C=O) groups excluding carboxylic acids is 1. The molecule has 2 N–H and O–H groups in total. The van der Waals surface area contributed by atoms with Gasteiger partial charge in [-0.25, -0.2) is 4.98 Å². The van der Waals surface area contributed by atoms with E-state index in [1.54, 1.807) is 12.4 Å². The molecule has 0 saturated heterocycles. The van der Waals surface area contributed by atoms with Crippen molar-refractivity contribution in [2.24, 2.45) is 0 Å². The lowest BCUT2D eigenvalue weighted by Crippen LogP contribution is -2.26. The third-order valence-corrected chi connectivity index (χ3v) is 1.56. The van der Waals surface area contributed by atoms with Crippen molar-refractivity contribution in [3.63, 3.8) is 0 Å². The highest BCUT2D eigenvalue weighted by molar-refractivity contribution is 5.72. The Bertz CT molecular complexity index is 313. The third kappa shape index (κ3) is 3.84. The molecule has 1 rings (SSSR count). The summed E-state index contributed by atoms with van der Waals surface area (Å²) >= 11 is 0. The summed E-state index contributed by atoms with van der Waals surface area (Å²) in [5.74, 6) is 0.706. The number of aryl methyl sites for hydroxylation is 1. The molecule has 0 radical (unpaired) electrons. The Kier molecular flexibility index (Phi) is 3.84. The van der Waals surface area contributed by atoms with Crippen LogP contribution in [0.2, 0.25) is 0 Å². The van der Waals surface area contributed by atoms with Crippen LogP contribution in [0.4, 0.5) is 5.82 Å². The first-order valence-corrected chi connectivity index (χ1v) is 4.45. The first kappa shape index (κ1) is 10.4. The lowest BCUT2D eigenvalue weighted by molar-refractivity contribution is -0.118. The SMILES string of the molecule is CC(=O)NCCNc1cncc(C)n1. The van der Waals surface area contributed by atoms with Gasteiger partial charge in [0, 0.05) is 26.2 Å². The second-order valence-electron chi connectivity index (χ2n) is 2.96. The molecule has 0 atom stereocenters. The van der Waals surface area contributed by atoms with Crippen LogP contribution in [0.15, 0.2) is 12.4 Å². The van der Waals surface area contributed by atoms with Crippen molar-refractivity contribution in [2.75, 3.05) is 18.4 Å². The maximum atomic E-state index is 10.5. The average molecular weight is 194 g/mol. The van der Waals surface area contributed by atoms with Gasteiger partial charge in [-0.1, -0.05) is 0 Å². The number of hydrogen-bond donors (Lipinski definition) is 2. The summed E-state index contributed by atoms with van der Waals surface area (Å²) in [7, 11) is 0. The van der Waals surface area contributed by atoms with Gasteiger partial charge in [-0.15, -0.1) is 0 Å². The van der Waals surface area contributed by atoms with Crippen LogP contribution in [0.5, 0.6) is 0 Å². The first-order valence-electron chi connectivity index (χ1n) is 4.45. The number of aromatic nitrogens is 2. The number of rotatable bonds is 4. The normalized spacial score (nSPS) is 9.57. The second-order valence-corrected chi connectivity index (χ2v) is 2.96. The lowest BCUT2D eigenvalue weighted by Gasteiger charge is -2.05. The van der Waals surface area contributed by atoms with Crippen LogP contribution in [0.1, 0.15) is 12.6 Å². The predicted octanol–water partition coefficient (Wildman–Crippen LogP) is 0.333. The van der Waals surface area contributed by atoms with Gasteiger partial charge in [0.2, 0.25) is 5.91 Å². The minimum absolute atomic E-state index is 0.0258. The Morgan fingerprint density at radius 3 is 2.86 bits per heavy atom. The minimum atomic E-state index is -0.0258. The predicted molar refractivity (Wildman–Crippen MR) is 53.9 cm³/mol. The van der Waals surface area contributed by atoms with E-state index in [0.29, 0.717) is 13.1 Å². The van der Waals surface area contributed by atoms with E-state index in [9.17, 15) is 4.79 Å². The summed E-state index contributed by atoms with van der Waals surface area (Å²) in [6, 6.07) is 0. The number of amides is 1. The van der Waals surface area contributed by atoms with Crippen molar-refractivity contribution in [3.8, 4) is 0 Å². The molecule has 5 heteroatoms. The van der Waals surface area contributed by atoms with E-state index in [1.807, 2.05) is 6.92 Å². The van der Waals surface area contributed by atoms with E-state index in [2.05, 4.69) is 20.6 Å². The molecular weight excluding hydrogens is 180 g/mol. The molecule has 76 valence electrons. The maximum Gasteiger partial charge on any atom is 0.216 e. The molecule has 0 aromatic carbocycles. The molecule has 0 saturated carbocycles. The molecule has 5 nitrogen and oxygen atoms in total. The topological polar surface area (TPSA) is 66.9 Å². The van der Waals surface area contributed by atoms with Crippen LogP contribution in [0.3, 0.4) is 0 Å². The van der Waals surface area contributed by atoms with Crippen molar-refractivity contribution in [1.29, 1.82) is 0 Å². The second kappa shape index (κ2) is 5.16. The van der Waals surface area contributed by atoms with Crippen LogP contribution in [-0.2, 0) is 4.79 Å². The molecule has 1 aromatic heterocycles. The molecule has 0 aliphatic heterocycles. The van der Waals surface area contributed by atoms with E-state index in [4.69, 9.17) is 0 Å². The fourth-order valence-corrected chi connectivity index (χ4v) is 0.978. The van der Waals surface area contributed by atoms with Crippen molar-refractivity contribution >= 4 is 11.7 Å². The zero-order valence-corrected chi connectivity index (χ0v) is 8.37. The van der Waals surface area contributed by atoms with Crippen LogP contribution in [0.25, 0.3) is 0 Å². The first-order chi connectivity index (χ1) is 6.68. The van der Waals surface area contributed by atoms with E-state index in [-0.39, 0.29) is 5.91 Å². The Balaban J connectivity index is 2.28. The van der Waals surface area contributed by atoms with Crippen molar-refractivity contribution in [1.82, 2.24) is 15.3 Å². The van der Waals surface area contributed by atoms with Crippen LogP contribution < -0.4 is 10.6 Å². The average Bonchev–Trinajstić information content (AvgIpc) is 2.12. The highest BCUT2D eigenvalue weighted by atomic mass is 16.1. The molecular formula is C9H14N4O. The molecule has 0 aliphatic carbocycles. The molecule has 1 amide bonds. The Hall–Kier alpha value is -1.65. The van der Waals surface area contributed by atoms with E-state index < -0.39 is 0 Å². The number of carbonyl (C=O) groups is 1. The fourth-order valence-electron chi connectivity index (χ4n) is 0.978. The van der Waals surface area contributed by atoms with Crippen LogP contribution in [-0.4, -0.2) is 29.0 Å². The number of anilines is 1. The van der Waals surface area contributed by atoms with E-state index >= 15 is 0 Å². The van der Waals surface area contributed by atoms with Crippen molar-refractivity contribution < 1.29 is 4.79 Å². The summed E-state index contributed by atoms with van der Waals surface area (Å²) in [6.07, 6.45) is 3.35. The Morgan fingerprint density at radius 2 is 2.21 bits per heavy atom. The maximum absolute atomic E-state index is 10.5. The molecule has 1 aromatic rings. The van der Waals surface area contributed by atoms with Gasteiger partial charge < -0.3 is 10.6 Å². The highest BCUT2D eigenvalue weighted by Crippen LogP contribution is 1.99. The zero-order chi connectivity index (χ0) is 10.4. The summed E-state index contributed by atoms with van der Waals surface area (Å²) in [4.78, 5) is 18.7. The smallest absolute Gasteiger partial charge is 0.216 e. The number of nitrogens with one attached hydrogen (secondary N) is 2. The standard InChI is InChI=1S/C9H14N4O/c1-7-5-10-6-9(13-7)12-4-3-11-8(2)14/h5-6H,3-4H2,1-2H3,(H,11,14)(H,12,13). The molecule has 14 heavy (non-hydrogen) atoms. The molecule has 1 heterocycles. The molecule has 0 fully saturated rings. The van der Waals surface area contributed by atoms with Gasteiger partial charge in [-0.05, 0) is 6.92 Å². The molecule has 0 aliphatic rings. The Labute approximate surface area is 83.0 Å². The van der Waals surface area contributed by atoms with Crippen molar-refractivity contribution in [2.45, 2.75) is 13.8 Å². The van der Waals surface area contributed by atoms with E-state index in [0.717, 1.165) is 11.5 Å². The number of nitrogens with zero attached hydrogens (tertiary/aromatic N) is 2. The van der Waals surface area contributed by atoms with Gasteiger partial charge in [-0.2, -0.15) is 0 Å². The number of hydrogen-bond acceptors (Lipinski definition) is 4. The van der Waals surface area contributed by atoms with Gasteiger partial charge in [0.25, 0.3) is 0 Å². The quantitative estimate of drug-likeness (QED) is 0.678. The van der Waals surface area contributed by atoms with E-state index in [1.165, 1.54) is 6.92 Å². The lowest BCUT2D eigenvalue weighted by atomic mass is 10.5. The molecule has 0 spiro atoms. The van der Waals surface area contributed by atoms with Gasteiger partial charge in [0.1, 0.15) is 5.82 Å². The van der Waals surface area contributed by atoms with Gasteiger partial charge in [0.15, 0.2) is 0 Å². The molecule has 0 unspecified atom stereocenters. The van der Waals surface area contributed by atoms with Gasteiger partial charge in [-0.3, -0.25) is 9.78 Å². The van der Waals surface area contributed by atoms with Crippen molar-refractivity contribution in [3.05, 3.63) is 18.1 Å². The van der Waals surface area contributed by atoms with Crippen LogP contribution >= 0.6 is 0 Å². The molecule has 0 bridgehead atoms. The monoisotopic (exact) mass is 194 g/mol. The van der Waals surface area contributed by atoms with Gasteiger partial charge >= 0.3 is 0 Å². The third-order valence-electron chi connectivity index (χ3n) is 1.56. The Morgan fingerprint density at radius 1 is 1.43 bits per heavy atom. The van der Waals surface area contributed by atoms with Crippen LogP contribution in [0, 0.1) is 6.92 Å². The largest absolute Gasteiger partial charge is 0.367 e. The highest BCUT2D eigenvalue weighted by Gasteiger charge is 1.94. The minimum Gasteiger partial charge on any atom is -0.367 e. The fraction of sp³-hybridized carbons (Fsp3) is 0.444. The summed E-state index contributed by atoms with van der Waals surface area (Å²) in [5.41, 5.74) is 0.870. The summed E-state index contributed by atoms with van der Waals surface area (Å²) in [6.45, 7) is 4.61. The zero-order valence-electron chi connectivity index (χ0n) is 8.37. The summed E-state index contributed by atoms with van der Waals surface area (Å²) in [5, 5.41) is 5.73. The summed E-state index contributed by atoms with van der Waals surface area (Å²) < 4.78 is 0.